The van der Waals surface area contributed by atoms with Gasteiger partial charge in [-0.2, -0.15) is 0 Å². The van der Waals surface area contributed by atoms with Crippen LogP contribution in [-0.2, 0) is 19.2 Å². The molecule has 320 valence electrons. The van der Waals surface area contributed by atoms with Crippen LogP contribution in [0.2, 0.25) is 0 Å². The fraction of sp³-hybridized carbons (Fsp3) is 1.00. The van der Waals surface area contributed by atoms with Crippen LogP contribution in [0.5, 0.6) is 0 Å². The molecule has 12 heteroatoms. The highest BCUT2D eigenvalue weighted by Gasteiger charge is 3.08. The number of unbranched alkanes of at least 4 members (excludes halogenated alkanes) is 18. The van der Waals surface area contributed by atoms with Crippen molar-refractivity contribution in [3.63, 3.8) is 0 Å². The second-order valence-corrected chi connectivity index (χ2v) is 22.7. The van der Waals surface area contributed by atoms with E-state index >= 15 is 0 Å². The van der Waals surface area contributed by atoms with Crippen molar-refractivity contribution in [1.29, 1.82) is 0 Å². The number of aliphatic hydroxyl groups excluding tert-OH is 6. The summed E-state index contributed by atoms with van der Waals surface area (Å²) in [5.41, 5.74) is 0.775. The van der Waals surface area contributed by atoms with E-state index in [0.717, 1.165) is 85.9 Å². The van der Waals surface area contributed by atoms with Crippen LogP contribution in [0.25, 0.3) is 0 Å². The zero-order valence-electron chi connectivity index (χ0n) is 33.9. The second kappa shape index (κ2) is 19.7. The first-order valence-corrected chi connectivity index (χ1v) is 25.5. The van der Waals surface area contributed by atoms with Gasteiger partial charge in [-0.15, -0.1) is 0 Å². The fourth-order valence-corrected chi connectivity index (χ4v) is 16.3. The van der Waals surface area contributed by atoms with Gasteiger partial charge in [-0.25, -0.2) is 4.36 Å². The third-order valence-corrected chi connectivity index (χ3v) is 18.6. The maximum Gasteiger partial charge on any atom is 0.186 e. The molecule has 13 atom stereocenters. The summed E-state index contributed by atoms with van der Waals surface area (Å²) in [4.78, 5) is 0. The van der Waals surface area contributed by atoms with Crippen LogP contribution >= 0.6 is 15.9 Å². The predicted molar refractivity (Wildman–Crippen MR) is 219 cm³/mol. The normalized spacial score (nSPS) is 40.1. The zero-order chi connectivity index (χ0) is 39.4. The van der Waals surface area contributed by atoms with E-state index in [1.807, 2.05) is 0 Å². The number of nitrogens with zero attached hydrogens (tertiary/aromatic N) is 1. The van der Waals surface area contributed by atoms with Crippen molar-refractivity contribution >= 4 is 25.7 Å². The molecule has 0 radical (unpaired) electrons. The van der Waals surface area contributed by atoms with Gasteiger partial charge in [-0.05, 0) is 60.2 Å². The van der Waals surface area contributed by atoms with E-state index in [-0.39, 0.29) is 6.61 Å². The molecule has 0 bridgehead atoms. The molecule has 7 rings (SSSR count). The van der Waals surface area contributed by atoms with Crippen molar-refractivity contribution in [2.24, 2.45) is 45.3 Å². The molecule has 0 aromatic rings. The summed E-state index contributed by atoms with van der Waals surface area (Å²) in [7, 11) is -2.74. The maximum atomic E-state index is 13.7. The molecule has 0 spiro atoms. The fourth-order valence-electron chi connectivity index (χ4n) is 12.6. The Morgan fingerprint density at radius 2 is 1.27 bits per heavy atom. The lowest BCUT2D eigenvalue weighted by Crippen LogP contribution is -3.11. The minimum Gasteiger partial charge on any atom is -0.394 e. The Hall–Kier alpha value is 0.110. The van der Waals surface area contributed by atoms with Gasteiger partial charge in [0.2, 0.25) is 0 Å². The van der Waals surface area contributed by atoms with Crippen LogP contribution in [0, 0.1) is 40.9 Å². The number of hydrogen-bond acceptors (Lipinski definition) is 10. The summed E-state index contributed by atoms with van der Waals surface area (Å²) < 4.78 is 30.1. The molecule has 0 amide bonds. The Morgan fingerprint density at radius 1 is 0.745 bits per heavy atom. The van der Waals surface area contributed by atoms with Crippen molar-refractivity contribution in [2.45, 2.75) is 201 Å². The molecule has 1 saturated heterocycles. The average molecular weight is 863 g/mol. The molecular weight excluding hydrogens is 786 g/mol. The third kappa shape index (κ3) is 8.81. The number of hydrogen-bond donors (Lipinski definition) is 6. The van der Waals surface area contributed by atoms with Crippen molar-refractivity contribution in [2.75, 3.05) is 25.2 Å². The summed E-state index contributed by atoms with van der Waals surface area (Å²) in [5.74, 6) is 6.86. The zero-order valence-corrected chi connectivity index (χ0v) is 36.3. The molecule has 1 heterocycles. The summed E-state index contributed by atoms with van der Waals surface area (Å²) >= 11 is 4.12. The molecule has 7 fully saturated rings. The first-order valence-electron chi connectivity index (χ1n) is 22.6. The van der Waals surface area contributed by atoms with Crippen molar-refractivity contribution in [3.05, 3.63) is 0 Å². The van der Waals surface area contributed by atoms with E-state index < -0.39 is 65.3 Å². The molecule has 0 aromatic heterocycles. The van der Waals surface area contributed by atoms with Gasteiger partial charge in [0.25, 0.3) is 0 Å². The summed E-state index contributed by atoms with van der Waals surface area (Å²) in [6.45, 7) is 1.32. The van der Waals surface area contributed by atoms with E-state index in [0.29, 0.717) is 16.5 Å². The highest BCUT2D eigenvalue weighted by atomic mass is 79.9. The Labute approximate surface area is 340 Å². The first-order chi connectivity index (χ1) is 26.5. The lowest BCUT2D eigenvalue weighted by Gasteiger charge is -3.11. The summed E-state index contributed by atoms with van der Waals surface area (Å²) in [6, 6.07) is -1.06. The van der Waals surface area contributed by atoms with E-state index in [1.54, 1.807) is 6.26 Å². The largest absolute Gasteiger partial charge is 0.394 e. The molecule has 1 aliphatic heterocycles. The summed E-state index contributed by atoms with van der Waals surface area (Å²) in [5, 5.41) is 62.7. The average Bonchev–Trinajstić information content (AvgIpc) is 3.16. The minimum atomic E-state index is -2.74. The first kappa shape index (κ1) is 44.7. The van der Waals surface area contributed by atoms with Crippen LogP contribution in [-0.4, -0.2) is 113 Å². The number of rotatable bonds is 31. The number of halogens is 1. The molecule has 6 saturated carbocycles. The summed E-state index contributed by atoms with van der Waals surface area (Å²) in [6.07, 6.45) is 17.2. The van der Waals surface area contributed by atoms with Gasteiger partial charge in [0.15, 0.2) is 6.29 Å². The molecule has 55 heavy (non-hydrogen) atoms. The van der Waals surface area contributed by atoms with Crippen LogP contribution < -0.4 is 0 Å². The third-order valence-electron chi connectivity index (χ3n) is 15.3. The number of aliphatic hydroxyl groups is 6. The molecule has 0 aromatic carbocycles. The lowest BCUT2D eigenvalue weighted by atomic mass is 8.96. The van der Waals surface area contributed by atoms with Gasteiger partial charge in [-0.1, -0.05) is 145 Å². The smallest absolute Gasteiger partial charge is 0.186 e. The predicted octanol–water partition coefficient (Wildman–Crippen LogP) is 6.48. The van der Waals surface area contributed by atoms with Gasteiger partial charge in [0, 0.05) is 26.1 Å². The van der Waals surface area contributed by atoms with Gasteiger partial charge < -0.3 is 40.1 Å². The highest BCUT2D eigenvalue weighted by Crippen LogP contribution is 3.09. The van der Waals surface area contributed by atoms with Crippen LogP contribution in [0.15, 0.2) is 4.36 Å². The van der Waals surface area contributed by atoms with Gasteiger partial charge in [0.05, 0.1) is 19.3 Å². The topological polar surface area (TPSA) is 169 Å². The van der Waals surface area contributed by atoms with Crippen LogP contribution in [0.1, 0.15) is 148 Å². The monoisotopic (exact) mass is 861 g/mol. The SMILES string of the molecule is CCCCCCCCCCCCCC[C@@H](O)[C@@H](O)C(COC1OC(CO)C(O)C(O)C1O)N=S(C)(=O)CCCCCCCCCCC12C3C4C5C3C1C5(Br)C42. The molecule has 6 N–H and O–H groups in total. The quantitative estimate of drug-likeness (QED) is 0.0338. The van der Waals surface area contributed by atoms with Crippen LogP contribution in [0.3, 0.4) is 0 Å². The van der Waals surface area contributed by atoms with Gasteiger partial charge >= 0.3 is 0 Å². The molecule has 11 unspecified atom stereocenters. The van der Waals surface area contributed by atoms with Crippen molar-refractivity contribution in [3.8, 4) is 0 Å². The van der Waals surface area contributed by atoms with E-state index in [4.69, 9.17) is 9.47 Å². The highest BCUT2D eigenvalue weighted by molar-refractivity contribution is 9.10. The van der Waals surface area contributed by atoms with Gasteiger partial charge in [-0.3, -0.25) is 4.21 Å². The van der Waals surface area contributed by atoms with Crippen LogP contribution in [0.4, 0.5) is 0 Å². The molecule has 10 nitrogen and oxygen atoms in total. The number of ether oxygens (including phenoxy) is 2. The molecular formula is C43H76BrNO9S. The Kier molecular flexibility index (Phi) is 16.0. The van der Waals surface area contributed by atoms with Crippen molar-refractivity contribution < 1.29 is 44.3 Å². The Balaban J connectivity index is 0.875. The van der Waals surface area contributed by atoms with E-state index in [1.165, 1.54) is 89.9 Å². The molecule has 7 aliphatic rings. The second-order valence-electron chi connectivity index (χ2n) is 18.8. The van der Waals surface area contributed by atoms with Crippen molar-refractivity contribution in [1.82, 2.24) is 0 Å². The van der Waals surface area contributed by atoms with Gasteiger partial charge in [0.1, 0.15) is 36.6 Å². The Bertz CT molecular complexity index is 1310. The number of alkyl halides is 1. The maximum absolute atomic E-state index is 13.7. The minimum absolute atomic E-state index is 0.327. The molecule has 6 aliphatic carbocycles. The Morgan fingerprint density at radius 3 is 1.82 bits per heavy atom. The lowest BCUT2D eigenvalue weighted by molar-refractivity contribution is -0.595. The standard InChI is InChI=1S/C43H76BrNO9S/c1-3-4-5-6-7-8-9-10-11-14-17-20-23-29(47)35(48)28(27-53-41-38(51)37(50)36(49)30(26-46)54-41)45-55(2,52)25-22-19-16-13-12-15-18-21-24-42-33-31-34-32(33)40(42)43(34,44)39(31)42/h28-41,46-51H,3-27H2,1-2H3/t28?,29-,30?,31?,32?,33?,34?,35+,36?,37?,38?,39?,40?,41?,42?,43?,55?/m1/s1. The van der Waals surface area contributed by atoms with E-state index in [2.05, 4.69) is 27.2 Å². The van der Waals surface area contributed by atoms with E-state index in [9.17, 15) is 34.8 Å².